The molecular formula is C14H14N2OS2. The molecule has 1 atom stereocenters. The third-order valence-corrected chi connectivity index (χ3v) is 4.77. The molecule has 1 unspecified atom stereocenters. The van der Waals surface area contributed by atoms with Crippen LogP contribution in [0, 0.1) is 0 Å². The van der Waals surface area contributed by atoms with Crippen LogP contribution in [0.5, 0.6) is 0 Å². The second-order valence-corrected chi connectivity index (χ2v) is 6.22. The Balaban J connectivity index is 1.69. The van der Waals surface area contributed by atoms with E-state index >= 15 is 0 Å². The van der Waals surface area contributed by atoms with Gasteiger partial charge in [0.1, 0.15) is 5.76 Å². The lowest BCUT2D eigenvalue weighted by molar-refractivity contribution is 0.363. The minimum Gasteiger partial charge on any atom is -0.360 e. The van der Waals surface area contributed by atoms with Crippen molar-refractivity contribution < 1.29 is 4.52 Å². The molecule has 1 N–H and O–H groups in total. The van der Waals surface area contributed by atoms with Crippen molar-refractivity contribution >= 4 is 22.7 Å². The van der Waals surface area contributed by atoms with E-state index in [1.807, 2.05) is 6.07 Å². The molecule has 3 nitrogen and oxygen atoms in total. The van der Waals surface area contributed by atoms with Crippen molar-refractivity contribution in [3.8, 4) is 0 Å². The van der Waals surface area contributed by atoms with Crippen molar-refractivity contribution in [3.63, 3.8) is 0 Å². The van der Waals surface area contributed by atoms with E-state index in [0.717, 1.165) is 12.2 Å². The topological polar surface area (TPSA) is 38.1 Å². The lowest BCUT2D eigenvalue weighted by atomic mass is 10.1. The van der Waals surface area contributed by atoms with Gasteiger partial charge in [-0.25, -0.2) is 0 Å². The first-order valence-corrected chi connectivity index (χ1v) is 7.86. The molecule has 0 radical (unpaired) electrons. The van der Waals surface area contributed by atoms with E-state index in [2.05, 4.69) is 45.5 Å². The molecule has 19 heavy (non-hydrogen) atoms. The Labute approximate surface area is 119 Å². The van der Waals surface area contributed by atoms with Crippen LogP contribution in [0.15, 0.2) is 51.8 Å². The van der Waals surface area contributed by atoms with Gasteiger partial charge in [-0.2, -0.15) is 0 Å². The molecule has 0 amide bonds. The fourth-order valence-electron chi connectivity index (χ4n) is 1.95. The third kappa shape index (κ3) is 3.32. The summed E-state index contributed by atoms with van der Waals surface area (Å²) in [5, 5.41) is 11.5. The zero-order chi connectivity index (χ0) is 12.9. The highest BCUT2D eigenvalue weighted by Gasteiger charge is 2.14. The number of nitrogens with one attached hydrogen (secondary N) is 1. The van der Waals surface area contributed by atoms with Gasteiger partial charge in [-0.3, -0.25) is 0 Å². The number of thiophene rings is 2. The molecule has 0 aromatic carbocycles. The van der Waals surface area contributed by atoms with E-state index < -0.39 is 0 Å². The minimum absolute atomic E-state index is 0.323. The summed E-state index contributed by atoms with van der Waals surface area (Å²) < 4.78 is 5.13. The van der Waals surface area contributed by atoms with Gasteiger partial charge < -0.3 is 9.84 Å². The second kappa shape index (κ2) is 6.14. The molecule has 0 saturated carbocycles. The van der Waals surface area contributed by atoms with Gasteiger partial charge in [0.2, 0.25) is 0 Å². The van der Waals surface area contributed by atoms with Gasteiger partial charge in [-0.1, -0.05) is 17.3 Å². The van der Waals surface area contributed by atoms with Crippen molar-refractivity contribution in [2.24, 2.45) is 0 Å². The molecule has 3 aromatic rings. The molecule has 3 aromatic heterocycles. The first kappa shape index (κ1) is 12.6. The van der Waals surface area contributed by atoms with E-state index in [1.54, 1.807) is 28.9 Å². The SMILES string of the molecule is c1csc(CC(NCc2ccno2)c2cccs2)c1. The average molecular weight is 290 g/mol. The molecular weight excluding hydrogens is 276 g/mol. The number of nitrogens with zero attached hydrogens (tertiary/aromatic N) is 1. The number of aromatic nitrogens is 1. The Morgan fingerprint density at radius 3 is 2.74 bits per heavy atom. The van der Waals surface area contributed by atoms with Gasteiger partial charge in [0, 0.05) is 28.3 Å². The van der Waals surface area contributed by atoms with Crippen molar-refractivity contribution in [2.45, 2.75) is 19.0 Å². The van der Waals surface area contributed by atoms with E-state index in [0.29, 0.717) is 12.6 Å². The van der Waals surface area contributed by atoms with Crippen LogP contribution in [-0.2, 0) is 13.0 Å². The number of hydrogen-bond acceptors (Lipinski definition) is 5. The van der Waals surface area contributed by atoms with Crippen LogP contribution in [0.1, 0.15) is 21.6 Å². The Hall–Kier alpha value is -1.43. The largest absolute Gasteiger partial charge is 0.360 e. The maximum absolute atomic E-state index is 5.13. The zero-order valence-electron chi connectivity index (χ0n) is 10.3. The monoisotopic (exact) mass is 290 g/mol. The molecule has 0 saturated heterocycles. The van der Waals surface area contributed by atoms with Crippen molar-refractivity contribution in [1.82, 2.24) is 10.5 Å². The molecule has 0 aliphatic heterocycles. The van der Waals surface area contributed by atoms with Crippen LogP contribution in [0.2, 0.25) is 0 Å². The van der Waals surface area contributed by atoms with Crippen LogP contribution in [0.3, 0.4) is 0 Å². The molecule has 98 valence electrons. The van der Waals surface area contributed by atoms with E-state index in [-0.39, 0.29) is 0 Å². The molecule has 0 bridgehead atoms. The van der Waals surface area contributed by atoms with Crippen LogP contribution in [-0.4, -0.2) is 5.16 Å². The van der Waals surface area contributed by atoms with Gasteiger partial charge in [0.15, 0.2) is 0 Å². The predicted molar refractivity (Wildman–Crippen MR) is 78.4 cm³/mol. The maximum Gasteiger partial charge on any atom is 0.150 e. The highest BCUT2D eigenvalue weighted by molar-refractivity contribution is 7.10. The van der Waals surface area contributed by atoms with Gasteiger partial charge >= 0.3 is 0 Å². The Bertz CT molecular complexity index is 573. The quantitative estimate of drug-likeness (QED) is 0.749. The summed E-state index contributed by atoms with van der Waals surface area (Å²) in [7, 11) is 0. The van der Waals surface area contributed by atoms with Crippen molar-refractivity contribution in [2.75, 3.05) is 0 Å². The normalized spacial score (nSPS) is 12.6. The van der Waals surface area contributed by atoms with E-state index in [1.165, 1.54) is 9.75 Å². The van der Waals surface area contributed by atoms with Crippen LogP contribution in [0.25, 0.3) is 0 Å². The molecule has 0 spiro atoms. The Morgan fingerprint density at radius 1 is 1.16 bits per heavy atom. The fraction of sp³-hybridized carbons (Fsp3) is 0.214. The smallest absolute Gasteiger partial charge is 0.150 e. The third-order valence-electron chi connectivity index (χ3n) is 2.89. The average Bonchev–Trinajstić information content (AvgIpc) is 3.15. The summed E-state index contributed by atoms with van der Waals surface area (Å²) in [5.74, 6) is 0.868. The summed E-state index contributed by atoms with van der Waals surface area (Å²) in [5.41, 5.74) is 0. The number of rotatable bonds is 6. The molecule has 5 heteroatoms. The van der Waals surface area contributed by atoms with Crippen molar-refractivity contribution in [3.05, 3.63) is 62.8 Å². The zero-order valence-corrected chi connectivity index (χ0v) is 11.9. The Morgan fingerprint density at radius 2 is 2.05 bits per heavy atom. The Kier molecular flexibility index (Phi) is 4.07. The molecule has 0 fully saturated rings. The van der Waals surface area contributed by atoms with Crippen molar-refractivity contribution in [1.29, 1.82) is 0 Å². The minimum atomic E-state index is 0.323. The van der Waals surface area contributed by atoms with Gasteiger partial charge in [-0.05, 0) is 22.9 Å². The summed E-state index contributed by atoms with van der Waals surface area (Å²) in [6.45, 7) is 0.702. The van der Waals surface area contributed by atoms with Crippen LogP contribution in [0.4, 0.5) is 0 Å². The van der Waals surface area contributed by atoms with Gasteiger partial charge in [-0.15, -0.1) is 22.7 Å². The molecule has 3 heterocycles. The standard InChI is InChI=1S/C14H14N2OS2/c1-3-12(18-7-1)9-13(14-4-2-8-19-14)15-10-11-5-6-16-17-11/h1-8,13,15H,9-10H2. The summed E-state index contributed by atoms with van der Waals surface area (Å²) in [6, 6.07) is 10.8. The first-order valence-electron chi connectivity index (χ1n) is 6.10. The van der Waals surface area contributed by atoms with Gasteiger partial charge in [0.25, 0.3) is 0 Å². The van der Waals surface area contributed by atoms with Crippen LogP contribution < -0.4 is 5.32 Å². The highest BCUT2D eigenvalue weighted by atomic mass is 32.1. The lowest BCUT2D eigenvalue weighted by Crippen LogP contribution is -2.21. The molecule has 0 aliphatic carbocycles. The van der Waals surface area contributed by atoms with E-state index in [4.69, 9.17) is 4.52 Å². The predicted octanol–water partition coefficient (Wildman–Crippen LogP) is 3.87. The van der Waals surface area contributed by atoms with Crippen LogP contribution >= 0.6 is 22.7 Å². The summed E-state index contributed by atoms with van der Waals surface area (Å²) >= 11 is 3.59. The maximum atomic E-state index is 5.13. The fourth-order valence-corrected chi connectivity index (χ4v) is 3.50. The summed E-state index contributed by atoms with van der Waals surface area (Å²) in [6.07, 6.45) is 2.68. The molecule has 3 rings (SSSR count). The molecule has 0 aliphatic rings. The first-order chi connectivity index (χ1) is 9.42. The second-order valence-electron chi connectivity index (χ2n) is 4.21. The van der Waals surface area contributed by atoms with Gasteiger partial charge in [0.05, 0.1) is 12.7 Å². The lowest BCUT2D eigenvalue weighted by Gasteiger charge is -2.15. The number of hydrogen-bond donors (Lipinski definition) is 1. The summed E-state index contributed by atoms with van der Waals surface area (Å²) in [4.78, 5) is 2.75. The van der Waals surface area contributed by atoms with E-state index in [9.17, 15) is 0 Å². The highest BCUT2D eigenvalue weighted by Crippen LogP contribution is 2.25.